The first-order chi connectivity index (χ1) is 9.52. The van der Waals surface area contributed by atoms with Crippen molar-refractivity contribution in [2.24, 2.45) is 5.92 Å². The molecular formula is C15H23N3O2. The number of hydrogen-bond donors (Lipinski definition) is 2. The second kappa shape index (κ2) is 6.31. The predicted octanol–water partition coefficient (Wildman–Crippen LogP) is 1.85. The number of hydrogen-bond acceptors (Lipinski definition) is 4. The average Bonchev–Trinajstić information content (AvgIpc) is 2.46. The summed E-state index contributed by atoms with van der Waals surface area (Å²) in [5.41, 5.74) is 0.305. The second-order valence-electron chi connectivity index (χ2n) is 5.80. The third-order valence-corrected chi connectivity index (χ3v) is 4.20. The van der Waals surface area contributed by atoms with Crippen LogP contribution in [0.3, 0.4) is 0 Å². The van der Waals surface area contributed by atoms with Crippen LogP contribution in [0.25, 0.3) is 0 Å². The monoisotopic (exact) mass is 277 g/mol. The Bertz CT molecular complexity index is 451. The highest BCUT2D eigenvalue weighted by atomic mass is 16.3. The van der Waals surface area contributed by atoms with Crippen molar-refractivity contribution in [2.45, 2.75) is 51.6 Å². The SMILES string of the molecule is CCC1CCC(O)(CNC(=O)c2cnc(C)cn2)CC1. The van der Waals surface area contributed by atoms with Crippen LogP contribution in [0.1, 0.15) is 55.2 Å². The molecule has 2 N–H and O–H groups in total. The molecule has 0 atom stereocenters. The number of rotatable bonds is 4. The molecule has 0 saturated heterocycles. The minimum atomic E-state index is -0.764. The van der Waals surface area contributed by atoms with Crippen LogP contribution >= 0.6 is 0 Å². The Morgan fingerprint density at radius 2 is 2.10 bits per heavy atom. The summed E-state index contributed by atoms with van der Waals surface area (Å²) in [4.78, 5) is 20.0. The van der Waals surface area contributed by atoms with E-state index in [9.17, 15) is 9.90 Å². The number of amides is 1. The second-order valence-corrected chi connectivity index (χ2v) is 5.80. The smallest absolute Gasteiger partial charge is 0.271 e. The summed E-state index contributed by atoms with van der Waals surface area (Å²) < 4.78 is 0. The first-order valence-electron chi connectivity index (χ1n) is 7.31. The molecule has 1 saturated carbocycles. The molecule has 1 aromatic heterocycles. The van der Waals surface area contributed by atoms with E-state index >= 15 is 0 Å². The maximum absolute atomic E-state index is 11.9. The van der Waals surface area contributed by atoms with E-state index in [4.69, 9.17) is 0 Å². The van der Waals surface area contributed by atoms with Crippen molar-refractivity contribution >= 4 is 5.91 Å². The Hall–Kier alpha value is -1.49. The zero-order chi connectivity index (χ0) is 14.6. The van der Waals surface area contributed by atoms with Crippen LogP contribution in [0.15, 0.2) is 12.4 Å². The van der Waals surface area contributed by atoms with Crippen LogP contribution in [-0.4, -0.2) is 33.1 Å². The fourth-order valence-corrected chi connectivity index (χ4v) is 2.65. The molecule has 0 unspecified atom stereocenters. The van der Waals surface area contributed by atoms with Gasteiger partial charge in [0.2, 0.25) is 0 Å². The van der Waals surface area contributed by atoms with Crippen molar-refractivity contribution in [3.8, 4) is 0 Å². The van der Waals surface area contributed by atoms with Crippen molar-refractivity contribution < 1.29 is 9.90 Å². The molecule has 0 bridgehead atoms. The quantitative estimate of drug-likeness (QED) is 0.880. The Morgan fingerprint density at radius 3 is 2.65 bits per heavy atom. The molecular weight excluding hydrogens is 254 g/mol. The highest BCUT2D eigenvalue weighted by Gasteiger charge is 2.33. The molecule has 0 aliphatic heterocycles. The molecule has 0 aromatic carbocycles. The standard InChI is InChI=1S/C15H23N3O2/c1-3-12-4-6-15(20,7-5-12)10-18-14(19)13-9-16-11(2)8-17-13/h8-9,12,20H,3-7,10H2,1-2H3,(H,18,19). The lowest BCUT2D eigenvalue weighted by Crippen LogP contribution is -2.45. The Balaban J connectivity index is 1.85. The van der Waals surface area contributed by atoms with Crippen molar-refractivity contribution in [1.82, 2.24) is 15.3 Å². The normalized spacial score (nSPS) is 26.2. The molecule has 1 heterocycles. The van der Waals surface area contributed by atoms with E-state index in [-0.39, 0.29) is 12.5 Å². The number of carbonyl (C=O) groups excluding carboxylic acids is 1. The van der Waals surface area contributed by atoms with E-state index in [1.807, 2.05) is 6.92 Å². The molecule has 110 valence electrons. The maximum atomic E-state index is 11.9. The third-order valence-electron chi connectivity index (χ3n) is 4.20. The number of aliphatic hydroxyl groups is 1. The molecule has 0 spiro atoms. The molecule has 1 fully saturated rings. The van der Waals surface area contributed by atoms with Gasteiger partial charge in [0.15, 0.2) is 0 Å². The molecule has 2 rings (SSSR count). The molecule has 20 heavy (non-hydrogen) atoms. The van der Waals surface area contributed by atoms with E-state index in [1.54, 1.807) is 6.20 Å². The van der Waals surface area contributed by atoms with Crippen LogP contribution in [-0.2, 0) is 0 Å². The summed E-state index contributed by atoms with van der Waals surface area (Å²) in [6, 6.07) is 0. The van der Waals surface area contributed by atoms with Crippen molar-refractivity contribution in [2.75, 3.05) is 6.54 Å². The van der Waals surface area contributed by atoms with E-state index in [0.29, 0.717) is 11.6 Å². The van der Waals surface area contributed by atoms with E-state index in [0.717, 1.165) is 31.4 Å². The minimum Gasteiger partial charge on any atom is -0.388 e. The zero-order valence-electron chi connectivity index (χ0n) is 12.2. The van der Waals surface area contributed by atoms with Gasteiger partial charge < -0.3 is 10.4 Å². The average molecular weight is 277 g/mol. The van der Waals surface area contributed by atoms with Gasteiger partial charge in [0.1, 0.15) is 5.69 Å². The van der Waals surface area contributed by atoms with Crippen LogP contribution in [0.4, 0.5) is 0 Å². The van der Waals surface area contributed by atoms with Gasteiger partial charge in [-0.15, -0.1) is 0 Å². The number of aryl methyl sites for hydroxylation is 1. The fourth-order valence-electron chi connectivity index (χ4n) is 2.65. The Kier molecular flexibility index (Phi) is 4.70. The minimum absolute atomic E-state index is 0.275. The number of aromatic nitrogens is 2. The van der Waals surface area contributed by atoms with Gasteiger partial charge in [0, 0.05) is 12.7 Å². The highest BCUT2D eigenvalue weighted by molar-refractivity contribution is 5.91. The summed E-state index contributed by atoms with van der Waals surface area (Å²) in [7, 11) is 0. The van der Waals surface area contributed by atoms with Gasteiger partial charge in [-0.2, -0.15) is 0 Å². The predicted molar refractivity (Wildman–Crippen MR) is 76.3 cm³/mol. The van der Waals surface area contributed by atoms with Gasteiger partial charge >= 0.3 is 0 Å². The summed E-state index contributed by atoms with van der Waals surface area (Å²) in [6.07, 6.45) is 7.78. The summed E-state index contributed by atoms with van der Waals surface area (Å²) in [5, 5.41) is 13.2. The molecule has 1 aromatic rings. The number of nitrogens with zero attached hydrogens (tertiary/aromatic N) is 2. The topological polar surface area (TPSA) is 75.1 Å². The highest BCUT2D eigenvalue weighted by Crippen LogP contribution is 2.33. The van der Waals surface area contributed by atoms with Crippen molar-refractivity contribution in [3.05, 3.63) is 23.8 Å². The Labute approximate surface area is 119 Å². The molecule has 5 nitrogen and oxygen atoms in total. The Morgan fingerprint density at radius 1 is 1.40 bits per heavy atom. The summed E-state index contributed by atoms with van der Waals surface area (Å²) in [5.74, 6) is 0.442. The molecule has 0 radical (unpaired) electrons. The van der Waals surface area contributed by atoms with E-state index in [2.05, 4.69) is 22.2 Å². The summed E-state index contributed by atoms with van der Waals surface area (Å²) in [6.45, 7) is 4.30. The molecule has 1 aliphatic rings. The van der Waals surface area contributed by atoms with Gasteiger partial charge in [-0.05, 0) is 38.5 Å². The molecule has 1 amide bonds. The lowest BCUT2D eigenvalue weighted by Gasteiger charge is -2.35. The largest absolute Gasteiger partial charge is 0.388 e. The van der Waals surface area contributed by atoms with Crippen molar-refractivity contribution in [3.63, 3.8) is 0 Å². The fraction of sp³-hybridized carbons (Fsp3) is 0.667. The van der Waals surface area contributed by atoms with Crippen LogP contribution < -0.4 is 5.32 Å². The van der Waals surface area contributed by atoms with Gasteiger partial charge in [-0.25, -0.2) is 4.98 Å². The van der Waals surface area contributed by atoms with Crippen LogP contribution in [0.5, 0.6) is 0 Å². The maximum Gasteiger partial charge on any atom is 0.271 e. The summed E-state index contributed by atoms with van der Waals surface area (Å²) >= 11 is 0. The van der Waals surface area contributed by atoms with Gasteiger partial charge in [0.25, 0.3) is 5.91 Å². The number of nitrogens with one attached hydrogen (secondary N) is 1. The molecule has 5 heteroatoms. The van der Waals surface area contributed by atoms with E-state index < -0.39 is 5.60 Å². The zero-order valence-corrected chi connectivity index (χ0v) is 12.2. The van der Waals surface area contributed by atoms with Gasteiger partial charge in [-0.1, -0.05) is 13.3 Å². The van der Waals surface area contributed by atoms with Gasteiger partial charge in [-0.3, -0.25) is 9.78 Å². The lowest BCUT2D eigenvalue weighted by molar-refractivity contribution is -0.00790. The van der Waals surface area contributed by atoms with E-state index in [1.165, 1.54) is 12.6 Å². The first-order valence-corrected chi connectivity index (χ1v) is 7.31. The van der Waals surface area contributed by atoms with Crippen LogP contribution in [0.2, 0.25) is 0 Å². The lowest BCUT2D eigenvalue weighted by atomic mass is 9.78. The van der Waals surface area contributed by atoms with Gasteiger partial charge in [0.05, 0.1) is 17.5 Å². The van der Waals surface area contributed by atoms with Crippen molar-refractivity contribution in [1.29, 1.82) is 0 Å². The first kappa shape index (κ1) is 14.9. The third kappa shape index (κ3) is 3.76. The molecule has 1 aliphatic carbocycles. The van der Waals surface area contributed by atoms with Crippen LogP contribution in [0, 0.1) is 12.8 Å². The number of carbonyl (C=O) groups is 1.